The fourth-order valence-corrected chi connectivity index (χ4v) is 6.54. The average molecular weight is 763 g/mol. The van der Waals surface area contributed by atoms with E-state index in [4.69, 9.17) is 21.0 Å². The zero-order valence-electron chi connectivity index (χ0n) is 32.6. The fraction of sp³-hybridized carbons (Fsp3) is 0.267. The number of benzene rings is 4. The molecular formula is C45H46N8O4. The number of nitrogens with one attached hydrogen (secondary N) is 3. The lowest BCUT2D eigenvalue weighted by Crippen LogP contribution is -2.41. The largest absolute Gasteiger partial charge is 0.438 e. The van der Waals surface area contributed by atoms with Gasteiger partial charge in [-0.2, -0.15) is 10.1 Å². The van der Waals surface area contributed by atoms with Crippen molar-refractivity contribution in [2.45, 2.75) is 39.5 Å². The van der Waals surface area contributed by atoms with Crippen molar-refractivity contribution in [2.75, 3.05) is 50.0 Å². The molecule has 1 aliphatic heterocycles. The van der Waals surface area contributed by atoms with Crippen LogP contribution in [0.3, 0.4) is 0 Å². The molecule has 4 aromatic carbocycles. The summed E-state index contributed by atoms with van der Waals surface area (Å²) < 4.78 is 13.5. The van der Waals surface area contributed by atoms with Crippen LogP contribution in [0.1, 0.15) is 59.3 Å². The van der Waals surface area contributed by atoms with Crippen molar-refractivity contribution in [2.24, 2.45) is 0 Å². The van der Waals surface area contributed by atoms with Gasteiger partial charge in [-0.1, -0.05) is 68.7 Å². The molecule has 0 unspecified atom stereocenters. The van der Waals surface area contributed by atoms with Crippen LogP contribution in [0.2, 0.25) is 0 Å². The number of hydrogen-bond acceptors (Lipinski definition) is 8. The highest BCUT2D eigenvalue weighted by atomic mass is 16.5. The minimum atomic E-state index is -0.412. The number of morpholine rings is 1. The number of urea groups is 1. The van der Waals surface area contributed by atoms with E-state index in [0.717, 1.165) is 52.9 Å². The molecule has 6 aromatic rings. The van der Waals surface area contributed by atoms with Gasteiger partial charge in [0.05, 0.1) is 30.3 Å². The number of ether oxygens (including phenoxy) is 2. The van der Waals surface area contributed by atoms with Crippen LogP contribution >= 0.6 is 0 Å². The molecule has 290 valence electrons. The second kappa shape index (κ2) is 17.1. The smallest absolute Gasteiger partial charge is 0.324 e. The Morgan fingerprint density at radius 3 is 2.46 bits per heavy atom. The van der Waals surface area contributed by atoms with Crippen molar-refractivity contribution < 1.29 is 19.1 Å². The van der Waals surface area contributed by atoms with Crippen LogP contribution in [-0.4, -0.2) is 76.0 Å². The van der Waals surface area contributed by atoms with Gasteiger partial charge in [0.25, 0.3) is 5.91 Å². The van der Waals surface area contributed by atoms with E-state index < -0.39 is 6.03 Å². The van der Waals surface area contributed by atoms with Gasteiger partial charge in [-0.05, 0) is 55.0 Å². The maximum absolute atomic E-state index is 13.5. The van der Waals surface area contributed by atoms with Crippen LogP contribution in [0, 0.1) is 19.3 Å². The lowest BCUT2D eigenvalue weighted by molar-refractivity contribution is 0.0383. The summed E-state index contributed by atoms with van der Waals surface area (Å²) in [6.45, 7) is 12.7. The number of hydrogen-bond donors (Lipinski definition) is 3. The summed E-state index contributed by atoms with van der Waals surface area (Å²) in [6.07, 6.45) is 7.74. The molecule has 0 spiro atoms. The van der Waals surface area contributed by atoms with Gasteiger partial charge in [0.2, 0.25) is 5.88 Å². The number of terminal acetylenes is 1. The average Bonchev–Trinajstić information content (AvgIpc) is 3.64. The number of anilines is 2. The summed E-state index contributed by atoms with van der Waals surface area (Å²) in [5.41, 5.74) is 5.08. The van der Waals surface area contributed by atoms with E-state index in [0.29, 0.717) is 66.3 Å². The Morgan fingerprint density at radius 2 is 1.70 bits per heavy atom. The number of nitrogens with zero attached hydrogens (tertiary/aromatic N) is 5. The van der Waals surface area contributed by atoms with Crippen molar-refractivity contribution in [1.29, 1.82) is 0 Å². The lowest BCUT2D eigenvalue weighted by Gasteiger charge is -2.26. The normalized spacial score (nSPS) is 13.2. The highest BCUT2D eigenvalue weighted by molar-refractivity contribution is 6.07. The molecule has 1 fully saturated rings. The van der Waals surface area contributed by atoms with Crippen LogP contribution in [0.5, 0.6) is 11.6 Å². The van der Waals surface area contributed by atoms with Gasteiger partial charge in [-0.3, -0.25) is 15.0 Å². The van der Waals surface area contributed by atoms with Gasteiger partial charge in [0.1, 0.15) is 17.4 Å². The molecule has 3 N–H and O–H groups in total. The third kappa shape index (κ3) is 9.64. The lowest BCUT2D eigenvalue weighted by atomic mass is 9.92. The number of carbonyl (C=O) groups excluding carboxylic acids is 2. The Morgan fingerprint density at radius 1 is 0.930 bits per heavy atom. The highest BCUT2D eigenvalue weighted by Crippen LogP contribution is 2.34. The van der Waals surface area contributed by atoms with E-state index in [-0.39, 0.29) is 11.3 Å². The maximum atomic E-state index is 13.5. The number of aromatic nitrogens is 4. The first-order chi connectivity index (χ1) is 27.5. The summed E-state index contributed by atoms with van der Waals surface area (Å²) in [5.74, 6) is 4.42. The topological polar surface area (TPSA) is 136 Å². The molecule has 0 aliphatic carbocycles. The van der Waals surface area contributed by atoms with Crippen LogP contribution in [0.4, 0.5) is 16.3 Å². The molecule has 0 bridgehead atoms. The molecule has 57 heavy (non-hydrogen) atoms. The van der Waals surface area contributed by atoms with E-state index in [1.54, 1.807) is 35.1 Å². The predicted octanol–water partition coefficient (Wildman–Crippen LogP) is 7.49. The summed E-state index contributed by atoms with van der Waals surface area (Å²) in [7, 11) is 0. The number of fused-ring (bicyclic) bond motifs is 1. The first kappa shape index (κ1) is 38.7. The number of aryl methyl sites for hydroxylation is 1. The van der Waals surface area contributed by atoms with Crippen molar-refractivity contribution in [3.8, 4) is 29.7 Å². The summed E-state index contributed by atoms with van der Waals surface area (Å²) in [5, 5.41) is 15.4. The van der Waals surface area contributed by atoms with Gasteiger partial charge in [0, 0.05) is 78.2 Å². The molecule has 0 radical (unpaired) electrons. The highest BCUT2D eigenvalue weighted by Gasteiger charge is 2.22. The third-order valence-corrected chi connectivity index (χ3v) is 9.63. The molecule has 1 saturated heterocycles. The SMILES string of the molecule is C#Cc1cc(Cc2nccc(Oc3ccc(NC(=O)Nc4cc(C(C)(C)C)nn4-c4ccc(C)cc4)c4ccccc34)n2)cc(C(=O)NCCN2CCOCC2)c1. The fourth-order valence-electron chi connectivity index (χ4n) is 6.54. The van der Waals surface area contributed by atoms with Gasteiger partial charge >= 0.3 is 6.03 Å². The molecule has 3 heterocycles. The summed E-state index contributed by atoms with van der Waals surface area (Å²) in [6, 6.07) is 27.8. The third-order valence-electron chi connectivity index (χ3n) is 9.63. The van der Waals surface area contributed by atoms with Crippen molar-refractivity contribution in [3.05, 3.63) is 131 Å². The van der Waals surface area contributed by atoms with Crippen LogP contribution in [0.25, 0.3) is 16.5 Å². The van der Waals surface area contributed by atoms with Crippen LogP contribution in [-0.2, 0) is 16.6 Å². The summed E-state index contributed by atoms with van der Waals surface area (Å²) >= 11 is 0. The number of rotatable bonds is 11. The van der Waals surface area contributed by atoms with E-state index >= 15 is 0 Å². The van der Waals surface area contributed by atoms with E-state index in [2.05, 4.69) is 57.5 Å². The van der Waals surface area contributed by atoms with E-state index in [9.17, 15) is 9.59 Å². The van der Waals surface area contributed by atoms with Gasteiger partial charge in [0.15, 0.2) is 0 Å². The zero-order valence-corrected chi connectivity index (χ0v) is 32.6. The van der Waals surface area contributed by atoms with Crippen LogP contribution in [0.15, 0.2) is 97.2 Å². The van der Waals surface area contributed by atoms with Gasteiger partial charge < -0.3 is 20.1 Å². The second-order valence-electron chi connectivity index (χ2n) is 15.0. The van der Waals surface area contributed by atoms with E-state index in [1.807, 2.05) is 73.7 Å². The Hall–Kier alpha value is -6.55. The van der Waals surface area contributed by atoms with Gasteiger partial charge in [-0.25, -0.2) is 14.5 Å². The molecule has 0 saturated carbocycles. The number of amides is 3. The predicted molar refractivity (Wildman–Crippen MR) is 222 cm³/mol. The second-order valence-corrected chi connectivity index (χ2v) is 15.0. The zero-order chi connectivity index (χ0) is 39.9. The van der Waals surface area contributed by atoms with Crippen molar-refractivity contribution >= 4 is 34.2 Å². The first-order valence-corrected chi connectivity index (χ1v) is 19.0. The standard InChI is InChI=1S/C45H46N8O4/c1-6-31-25-32(27-33(26-31)43(54)47-19-20-52-21-23-56-24-22-52)28-40-46-18-17-42(49-40)57-38-16-15-37(35-9-7-8-10-36(35)38)48-44(55)50-41-29-39(45(3,4)5)51-53(41)34-13-11-30(2)12-14-34/h1,7-18,25-27,29H,19-24,28H2,2-5H3,(H,47,54)(H2,48,50,55). The Bertz CT molecular complexity index is 2440. The quantitative estimate of drug-likeness (QED) is 0.116. The van der Waals surface area contributed by atoms with Crippen LogP contribution < -0.4 is 20.7 Å². The molecule has 7 rings (SSSR count). The molecular weight excluding hydrogens is 717 g/mol. The Labute approximate surface area is 332 Å². The molecule has 0 atom stereocenters. The molecule has 1 aliphatic rings. The Balaban J connectivity index is 1.05. The van der Waals surface area contributed by atoms with E-state index in [1.165, 1.54) is 0 Å². The van der Waals surface area contributed by atoms with Crippen molar-refractivity contribution in [3.63, 3.8) is 0 Å². The molecule has 3 amide bonds. The minimum absolute atomic E-state index is 0.189. The monoisotopic (exact) mass is 762 g/mol. The molecule has 2 aromatic heterocycles. The first-order valence-electron chi connectivity index (χ1n) is 19.0. The Kier molecular flexibility index (Phi) is 11.6. The maximum Gasteiger partial charge on any atom is 0.324 e. The molecule has 12 nitrogen and oxygen atoms in total. The summed E-state index contributed by atoms with van der Waals surface area (Å²) in [4.78, 5) is 38.1. The van der Waals surface area contributed by atoms with Gasteiger partial charge in [-0.15, -0.1) is 6.42 Å². The minimum Gasteiger partial charge on any atom is -0.438 e. The number of carbonyl (C=O) groups is 2. The molecule has 12 heteroatoms. The van der Waals surface area contributed by atoms with Crippen molar-refractivity contribution in [1.82, 2.24) is 30.0 Å².